The van der Waals surface area contributed by atoms with Crippen LogP contribution in [-0.2, 0) is 18.3 Å². The van der Waals surface area contributed by atoms with Crippen LogP contribution >= 0.6 is 11.6 Å². The van der Waals surface area contributed by atoms with E-state index in [1.54, 1.807) is 13.2 Å². The average Bonchev–Trinajstić information content (AvgIpc) is 3.11. The van der Waals surface area contributed by atoms with Crippen LogP contribution in [0.4, 0.5) is 0 Å². The molecule has 1 atom stereocenters. The maximum atomic E-state index is 6.07. The van der Waals surface area contributed by atoms with Crippen molar-refractivity contribution in [3.8, 4) is 0 Å². The van der Waals surface area contributed by atoms with Crippen molar-refractivity contribution in [3.63, 3.8) is 0 Å². The fourth-order valence-electron chi connectivity index (χ4n) is 3.19. The summed E-state index contributed by atoms with van der Waals surface area (Å²) < 4.78 is 7.37. The van der Waals surface area contributed by atoms with Gasteiger partial charge in [0.05, 0.1) is 31.5 Å². The quantitative estimate of drug-likeness (QED) is 0.581. The van der Waals surface area contributed by atoms with Gasteiger partial charge in [0.15, 0.2) is 5.96 Å². The number of nitrogens with one attached hydrogen (secondary N) is 2. The SMILES string of the molecule is CN=C(NCc1ccnn1C)NCC(c1ccc(Cl)cc1)N1CCOCC1. The molecule has 0 aliphatic carbocycles. The Bertz CT molecular complexity index is 739. The first-order valence-corrected chi connectivity index (χ1v) is 9.54. The molecular formula is C19H27ClN6O. The molecule has 146 valence electrons. The summed E-state index contributed by atoms with van der Waals surface area (Å²) in [4.78, 5) is 6.78. The van der Waals surface area contributed by atoms with E-state index in [0.29, 0.717) is 6.54 Å². The second-order valence-corrected chi connectivity index (χ2v) is 6.90. The standard InChI is InChI=1S/C19H27ClN6O/c1-21-19(22-13-17-7-8-24-25(17)2)23-14-18(26-9-11-27-12-10-26)15-3-5-16(20)6-4-15/h3-8,18H,9-14H2,1-2H3,(H2,21,22,23). The van der Waals surface area contributed by atoms with Crippen molar-refractivity contribution in [1.82, 2.24) is 25.3 Å². The third kappa shape index (κ3) is 5.45. The zero-order valence-electron chi connectivity index (χ0n) is 15.9. The number of guanidine groups is 1. The molecule has 2 N–H and O–H groups in total. The lowest BCUT2D eigenvalue weighted by Gasteiger charge is -2.35. The third-order valence-corrected chi connectivity index (χ3v) is 5.04. The number of halogens is 1. The maximum absolute atomic E-state index is 6.07. The van der Waals surface area contributed by atoms with Crippen molar-refractivity contribution in [2.75, 3.05) is 39.9 Å². The van der Waals surface area contributed by atoms with E-state index >= 15 is 0 Å². The van der Waals surface area contributed by atoms with Crippen LogP contribution in [0.5, 0.6) is 0 Å². The molecular weight excluding hydrogens is 364 g/mol. The summed E-state index contributed by atoms with van der Waals surface area (Å²) in [5.41, 5.74) is 2.33. The van der Waals surface area contributed by atoms with Crippen LogP contribution in [0.1, 0.15) is 17.3 Å². The number of rotatable bonds is 6. The number of benzene rings is 1. The van der Waals surface area contributed by atoms with Gasteiger partial charge in [0.1, 0.15) is 0 Å². The Kier molecular flexibility index (Phi) is 7.09. The lowest BCUT2D eigenvalue weighted by atomic mass is 10.0. The van der Waals surface area contributed by atoms with Crippen molar-refractivity contribution in [3.05, 3.63) is 52.8 Å². The zero-order valence-corrected chi connectivity index (χ0v) is 16.6. The summed E-state index contributed by atoms with van der Waals surface area (Å²) in [6, 6.07) is 10.3. The van der Waals surface area contributed by atoms with E-state index in [9.17, 15) is 0 Å². The molecule has 2 heterocycles. The van der Waals surface area contributed by atoms with Gasteiger partial charge in [-0.05, 0) is 23.8 Å². The average molecular weight is 391 g/mol. The molecule has 1 unspecified atom stereocenters. The second kappa shape index (κ2) is 9.73. The van der Waals surface area contributed by atoms with Crippen LogP contribution in [0.2, 0.25) is 5.02 Å². The monoisotopic (exact) mass is 390 g/mol. The molecule has 0 radical (unpaired) electrons. The number of aryl methyl sites for hydroxylation is 1. The van der Waals surface area contributed by atoms with E-state index in [-0.39, 0.29) is 6.04 Å². The predicted molar refractivity (Wildman–Crippen MR) is 108 cm³/mol. The van der Waals surface area contributed by atoms with Gasteiger partial charge in [0.25, 0.3) is 0 Å². The van der Waals surface area contributed by atoms with Gasteiger partial charge in [0, 0.05) is 44.9 Å². The van der Waals surface area contributed by atoms with Crippen LogP contribution in [0.25, 0.3) is 0 Å². The van der Waals surface area contributed by atoms with Gasteiger partial charge < -0.3 is 15.4 Å². The van der Waals surface area contributed by atoms with Gasteiger partial charge >= 0.3 is 0 Å². The van der Waals surface area contributed by atoms with E-state index in [0.717, 1.165) is 49.5 Å². The molecule has 1 aliphatic heterocycles. The number of hydrogen-bond donors (Lipinski definition) is 2. The summed E-state index contributed by atoms with van der Waals surface area (Å²) in [6.07, 6.45) is 1.79. The molecule has 1 saturated heterocycles. The summed E-state index contributed by atoms with van der Waals surface area (Å²) in [5, 5.41) is 11.7. The van der Waals surface area contributed by atoms with E-state index in [1.807, 2.05) is 29.9 Å². The van der Waals surface area contributed by atoms with E-state index < -0.39 is 0 Å². The Morgan fingerprint density at radius 2 is 1.96 bits per heavy atom. The molecule has 3 rings (SSSR count). The van der Waals surface area contributed by atoms with Crippen molar-refractivity contribution < 1.29 is 4.74 Å². The van der Waals surface area contributed by atoms with Gasteiger partial charge in [-0.15, -0.1) is 0 Å². The van der Waals surface area contributed by atoms with E-state index in [4.69, 9.17) is 16.3 Å². The van der Waals surface area contributed by atoms with Crippen LogP contribution in [0, 0.1) is 0 Å². The number of hydrogen-bond acceptors (Lipinski definition) is 4. The zero-order chi connectivity index (χ0) is 19.1. The van der Waals surface area contributed by atoms with Crippen molar-refractivity contribution in [2.45, 2.75) is 12.6 Å². The predicted octanol–water partition coefficient (Wildman–Crippen LogP) is 1.81. The van der Waals surface area contributed by atoms with Crippen molar-refractivity contribution in [2.24, 2.45) is 12.0 Å². The first kappa shape index (κ1) is 19.7. The topological polar surface area (TPSA) is 66.7 Å². The molecule has 1 aliphatic rings. The molecule has 27 heavy (non-hydrogen) atoms. The van der Waals surface area contributed by atoms with Crippen molar-refractivity contribution in [1.29, 1.82) is 0 Å². The Labute approximate surface area is 165 Å². The highest BCUT2D eigenvalue weighted by Crippen LogP contribution is 2.23. The minimum atomic E-state index is 0.224. The number of nitrogens with zero attached hydrogens (tertiary/aromatic N) is 4. The largest absolute Gasteiger partial charge is 0.379 e. The van der Waals surface area contributed by atoms with Gasteiger partial charge in [-0.25, -0.2) is 0 Å². The normalized spacial score (nSPS) is 16.9. The Morgan fingerprint density at radius 1 is 1.22 bits per heavy atom. The smallest absolute Gasteiger partial charge is 0.191 e. The maximum Gasteiger partial charge on any atom is 0.191 e. The van der Waals surface area contributed by atoms with Crippen molar-refractivity contribution >= 4 is 17.6 Å². The fraction of sp³-hybridized carbons (Fsp3) is 0.474. The molecule has 7 nitrogen and oxygen atoms in total. The summed E-state index contributed by atoms with van der Waals surface area (Å²) in [7, 11) is 3.72. The minimum absolute atomic E-state index is 0.224. The third-order valence-electron chi connectivity index (χ3n) is 4.79. The fourth-order valence-corrected chi connectivity index (χ4v) is 3.32. The molecule has 0 saturated carbocycles. The summed E-state index contributed by atoms with van der Waals surface area (Å²) in [5.74, 6) is 0.767. The van der Waals surface area contributed by atoms with Crippen LogP contribution in [-0.4, -0.2) is 60.5 Å². The van der Waals surface area contributed by atoms with E-state index in [1.165, 1.54) is 5.56 Å². The van der Waals surface area contributed by atoms with Gasteiger partial charge in [-0.3, -0.25) is 14.6 Å². The van der Waals surface area contributed by atoms with Gasteiger partial charge in [-0.2, -0.15) is 5.10 Å². The minimum Gasteiger partial charge on any atom is -0.379 e. The molecule has 8 heteroatoms. The Hall–Kier alpha value is -2.09. The number of ether oxygens (including phenoxy) is 1. The lowest BCUT2D eigenvalue weighted by molar-refractivity contribution is 0.0170. The molecule has 1 aromatic heterocycles. The van der Waals surface area contributed by atoms with Gasteiger partial charge in [0.2, 0.25) is 0 Å². The molecule has 0 spiro atoms. The Morgan fingerprint density at radius 3 is 2.59 bits per heavy atom. The number of morpholine rings is 1. The molecule has 0 bridgehead atoms. The summed E-state index contributed by atoms with van der Waals surface area (Å²) in [6.45, 7) is 4.76. The highest BCUT2D eigenvalue weighted by atomic mass is 35.5. The highest BCUT2D eigenvalue weighted by Gasteiger charge is 2.23. The van der Waals surface area contributed by atoms with Crippen LogP contribution in [0.15, 0.2) is 41.5 Å². The highest BCUT2D eigenvalue weighted by molar-refractivity contribution is 6.30. The molecule has 0 amide bonds. The van der Waals surface area contributed by atoms with Crippen LogP contribution in [0.3, 0.4) is 0 Å². The molecule has 1 fully saturated rings. The lowest BCUT2D eigenvalue weighted by Crippen LogP contribution is -2.46. The first-order valence-electron chi connectivity index (χ1n) is 9.16. The number of aliphatic imine (C=N–C) groups is 1. The Balaban J connectivity index is 1.63. The van der Waals surface area contributed by atoms with Gasteiger partial charge in [-0.1, -0.05) is 23.7 Å². The first-order chi connectivity index (χ1) is 13.2. The number of aromatic nitrogens is 2. The molecule has 1 aromatic carbocycles. The second-order valence-electron chi connectivity index (χ2n) is 6.47. The van der Waals surface area contributed by atoms with E-state index in [2.05, 4.69) is 37.8 Å². The van der Waals surface area contributed by atoms with Crippen LogP contribution < -0.4 is 10.6 Å². The summed E-state index contributed by atoms with van der Waals surface area (Å²) >= 11 is 6.07. The molecule has 2 aromatic rings.